The second-order valence-corrected chi connectivity index (χ2v) is 7.95. The zero-order chi connectivity index (χ0) is 24.4. The van der Waals surface area contributed by atoms with Crippen LogP contribution < -0.4 is 0 Å². The molecule has 0 aromatic heterocycles. The van der Waals surface area contributed by atoms with Crippen LogP contribution in [-0.2, 0) is 33.4 Å². The van der Waals surface area contributed by atoms with E-state index in [0.29, 0.717) is 25.7 Å². The fraction of sp³-hybridized carbons (Fsp3) is 0.750. The molecule has 8 heteroatoms. The molecule has 0 fully saturated rings. The first kappa shape index (κ1) is 29.6. The maximum atomic E-state index is 11.6. The second-order valence-electron chi connectivity index (χ2n) is 7.95. The lowest BCUT2D eigenvalue weighted by Crippen LogP contribution is -2.35. The van der Waals surface area contributed by atoms with E-state index in [2.05, 4.69) is 6.92 Å². The molecule has 0 saturated heterocycles. The average Bonchev–Trinajstić information content (AvgIpc) is 2.68. The molecule has 0 aromatic rings. The quantitative estimate of drug-likeness (QED) is 0.136. The van der Waals surface area contributed by atoms with Crippen molar-refractivity contribution >= 4 is 23.9 Å². The van der Waals surface area contributed by atoms with Crippen LogP contribution in [0.5, 0.6) is 0 Å². The van der Waals surface area contributed by atoms with Crippen molar-refractivity contribution in [2.24, 2.45) is 0 Å². The largest absolute Gasteiger partial charge is 0.481 e. The molecule has 8 nitrogen and oxygen atoms in total. The Balaban J connectivity index is 4.89. The summed E-state index contributed by atoms with van der Waals surface area (Å²) in [4.78, 5) is 45.2. The Morgan fingerprint density at radius 1 is 0.719 bits per heavy atom. The van der Waals surface area contributed by atoms with Gasteiger partial charge < -0.3 is 19.3 Å². The van der Waals surface area contributed by atoms with Gasteiger partial charge in [-0.3, -0.25) is 19.2 Å². The molecular formula is C24H40O8. The highest BCUT2D eigenvalue weighted by Gasteiger charge is 2.28. The molecule has 32 heavy (non-hydrogen) atoms. The highest BCUT2D eigenvalue weighted by atomic mass is 16.6. The predicted molar refractivity (Wildman–Crippen MR) is 120 cm³/mol. The van der Waals surface area contributed by atoms with Crippen molar-refractivity contribution in [2.75, 3.05) is 0 Å². The molecule has 0 spiro atoms. The summed E-state index contributed by atoms with van der Waals surface area (Å²) in [6, 6.07) is 0. The maximum absolute atomic E-state index is 11.6. The summed E-state index contributed by atoms with van der Waals surface area (Å²) in [5.41, 5.74) is 0. The van der Waals surface area contributed by atoms with Gasteiger partial charge >= 0.3 is 23.9 Å². The molecule has 3 unspecified atom stereocenters. The first-order valence-electron chi connectivity index (χ1n) is 11.5. The van der Waals surface area contributed by atoms with Crippen LogP contribution in [0.4, 0.5) is 0 Å². The van der Waals surface area contributed by atoms with Crippen molar-refractivity contribution in [3.63, 3.8) is 0 Å². The Hall–Kier alpha value is -2.38. The van der Waals surface area contributed by atoms with Crippen LogP contribution in [0.2, 0.25) is 0 Å². The molecule has 0 radical (unpaired) electrons. The Labute approximate surface area is 191 Å². The van der Waals surface area contributed by atoms with E-state index in [1.165, 1.54) is 20.8 Å². The Kier molecular flexibility index (Phi) is 16.9. The van der Waals surface area contributed by atoms with Crippen LogP contribution in [0.1, 0.15) is 98.3 Å². The molecule has 0 bridgehead atoms. The Morgan fingerprint density at radius 3 is 1.81 bits per heavy atom. The molecule has 0 aliphatic rings. The second kappa shape index (κ2) is 18.2. The molecule has 184 valence electrons. The van der Waals surface area contributed by atoms with Gasteiger partial charge in [-0.15, -0.1) is 0 Å². The lowest BCUT2D eigenvalue weighted by Gasteiger charge is -2.28. The summed E-state index contributed by atoms with van der Waals surface area (Å²) < 4.78 is 16.4. The first-order valence-corrected chi connectivity index (χ1v) is 11.5. The third kappa shape index (κ3) is 17.3. The topological polar surface area (TPSA) is 116 Å². The van der Waals surface area contributed by atoms with Gasteiger partial charge in [-0.2, -0.15) is 0 Å². The highest BCUT2D eigenvalue weighted by Crippen LogP contribution is 2.22. The number of carboxylic acids is 1. The van der Waals surface area contributed by atoms with Gasteiger partial charge in [0.25, 0.3) is 0 Å². The number of unbranched alkanes of at least 4 members (excludes halogenated alkanes) is 4. The molecule has 0 amide bonds. The van der Waals surface area contributed by atoms with Gasteiger partial charge in [0.15, 0.2) is 0 Å². The zero-order valence-electron chi connectivity index (χ0n) is 20.0. The fourth-order valence-corrected chi connectivity index (χ4v) is 3.45. The number of rotatable bonds is 18. The van der Waals surface area contributed by atoms with Gasteiger partial charge in [0.2, 0.25) is 0 Å². The number of hydrogen-bond acceptors (Lipinski definition) is 7. The van der Waals surface area contributed by atoms with Crippen LogP contribution in [0.25, 0.3) is 0 Å². The van der Waals surface area contributed by atoms with Crippen LogP contribution in [0, 0.1) is 0 Å². The standard InChI is InChI=1S/C24H40O8/c1-5-6-10-14-22(31-19(3)26)23(32-20(4)27)17-16-21(30-18(2)25)13-11-8-7-9-12-15-24(28)29/h9,12,21-23H,5-8,10-11,13-17H2,1-4H3,(H,28,29). The van der Waals surface area contributed by atoms with Crippen LogP contribution >= 0.6 is 0 Å². The summed E-state index contributed by atoms with van der Waals surface area (Å²) in [5.74, 6) is -2.10. The molecule has 0 heterocycles. The third-order valence-corrected chi connectivity index (χ3v) is 4.85. The van der Waals surface area contributed by atoms with Crippen LogP contribution in [-0.4, -0.2) is 47.3 Å². The molecule has 0 saturated carbocycles. The minimum Gasteiger partial charge on any atom is -0.481 e. The highest BCUT2D eigenvalue weighted by molar-refractivity contribution is 5.68. The molecule has 0 rings (SSSR count). The number of hydrogen-bond donors (Lipinski definition) is 1. The minimum absolute atomic E-state index is 0.00929. The summed E-state index contributed by atoms with van der Waals surface area (Å²) in [5, 5.41) is 8.62. The van der Waals surface area contributed by atoms with E-state index in [9.17, 15) is 19.2 Å². The van der Waals surface area contributed by atoms with Gasteiger partial charge in [0, 0.05) is 20.8 Å². The van der Waals surface area contributed by atoms with E-state index in [1.807, 2.05) is 6.08 Å². The summed E-state index contributed by atoms with van der Waals surface area (Å²) in [6.45, 7) is 6.10. The van der Waals surface area contributed by atoms with Gasteiger partial charge in [0.05, 0.1) is 6.42 Å². The molecular weight excluding hydrogens is 416 g/mol. The SMILES string of the molecule is CCCCCC(OC(C)=O)C(CCC(CCCCC=CCC(=O)O)OC(C)=O)OC(C)=O. The van der Waals surface area contributed by atoms with Crippen molar-refractivity contribution in [1.82, 2.24) is 0 Å². The van der Waals surface area contributed by atoms with Crippen molar-refractivity contribution in [3.05, 3.63) is 12.2 Å². The van der Waals surface area contributed by atoms with Crippen molar-refractivity contribution in [2.45, 2.75) is 117 Å². The van der Waals surface area contributed by atoms with Gasteiger partial charge in [0.1, 0.15) is 18.3 Å². The summed E-state index contributed by atoms with van der Waals surface area (Å²) in [6.07, 6.45) is 9.44. The molecule has 0 aliphatic carbocycles. The number of ether oxygens (including phenoxy) is 3. The minimum atomic E-state index is -0.861. The number of esters is 3. The zero-order valence-corrected chi connectivity index (χ0v) is 20.0. The first-order chi connectivity index (χ1) is 15.1. The summed E-state index contributed by atoms with van der Waals surface area (Å²) in [7, 11) is 0. The van der Waals surface area contributed by atoms with Crippen molar-refractivity contribution < 1.29 is 38.5 Å². The average molecular weight is 457 g/mol. The van der Waals surface area contributed by atoms with Crippen LogP contribution in [0.15, 0.2) is 12.2 Å². The Morgan fingerprint density at radius 2 is 1.28 bits per heavy atom. The van der Waals surface area contributed by atoms with E-state index in [4.69, 9.17) is 19.3 Å². The number of carboxylic acid groups (broad SMARTS) is 1. The van der Waals surface area contributed by atoms with E-state index in [1.54, 1.807) is 6.08 Å². The van der Waals surface area contributed by atoms with Gasteiger partial charge in [-0.05, 0) is 51.4 Å². The maximum Gasteiger partial charge on any atom is 0.307 e. The lowest BCUT2D eigenvalue weighted by molar-refractivity contribution is -0.167. The smallest absolute Gasteiger partial charge is 0.307 e. The molecule has 3 atom stereocenters. The number of aliphatic carboxylic acids is 1. The molecule has 0 aromatic carbocycles. The van der Waals surface area contributed by atoms with Crippen molar-refractivity contribution in [3.8, 4) is 0 Å². The normalized spacial score (nSPS) is 13.9. The number of allylic oxidation sites excluding steroid dienone is 1. The van der Waals surface area contributed by atoms with E-state index >= 15 is 0 Å². The lowest BCUT2D eigenvalue weighted by atomic mass is 9.98. The monoisotopic (exact) mass is 456 g/mol. The third-order valence-electron chi connectivity index (χ3n) is 4.85. The van der Waals surface area contributed by atoms with E-state index in [0.717, 1.165) is 38.5 Å². The van der Waals surface area contributed by atoms with Crippen molar-refractivity contribution in [1.29, 1.82) is 0 Å². The van der Waals surface area contributed by atoms with E-state index in [-0.39, 0.29) is 18.5 Å². The number of carbonyl (C=O) groups excluding carboxylic acids is 3. The predicted octanol–water partition coefficient (Wildman–Crippen LogP) is 4.73. The summed E-state index contributed by atoms with van der Waals surface area (Å²) >= 11 is 0. The fourth-order valence-electron chi connectivity index (χ4n) is 3.45. The number of carbonyl (C=O) groups is 4. The molecule has 1 N–H and O–H groups in total. The Bertz CT molecular complexity index is 599. The van der Waals surface area contributed by atoms with Gasteiger partial charge in [-0.25, -0.2) is 0 Å². The van der Waals surface area contributed by atoms with E-state index < -0.39 is 30.1 Å². The van der Waals surface area contributed by atoms with Crippen LogP contribution in [0.3, 0.4) is 0 Å². The van der Waals surface area contributed by atoms with Gasteiger partial charge in [-0.1, -0.05) is 31.9 Å². The molecule has 0 aliphatic heterocycles.